The molecule has 2 aromatic carbocycles. The molecule has 1 amide bonds. The van der Waals surface area contributed by atoms with Crippen molar-refractivity contribution < 1.29 is 19.1 Å². The molecule has 8 heteroatoms. The van der Waals surface area contributed by atoms with Crippen molar-refractivity contribution in [3.63, 3.8) is 0 Å². The number of anilines is 1. The Morgan fingerprint density at radius 2 is 2.07 bits per heavy atom. The molecule has 2 heterocycles. The van der Waals surface area contributed by atoms with Gasteiger partial charge in [0.2, 0.25) is 5.91 Å². The smallest absolute Gasteiger partial charge is 0.358 e. The minimum absolute atomic E-state index is 0.106. The van der Waals surface area contributed by atoms with E-state index in [-0.39, 0.29) is 23.8 Å². The van der Waals surface area contributed by atoms with Gasteiger partial charge in [-0.05, 0) is 35.9 Å². The normalized spacial score (nSPS) is 12.4. The first-order valence-corrected chi connectivity index (χ1v) is 9.60. The third-order valence-corrected chi connectivity index (χ3v) is 5.30. The van der Waals surface area contributed by atoms with Gasteiger partial charge in [-0.15, -0.1) is 11.3 Å². The lowest BCUT2D eigenvalue weighted by molar-refractivity contribution is -0.115. The number of nitrogens with zero attached hydrogens (tertiary/aromatic N) is 1. The second-order valence-corrected chi connectivity index (χ2v) is 7.44. The highest BCUT2D eigenvalue weighted by molar-refractivity contribution is 7.13. The number of rotatable bonds is 5. The van der Waals surface area contributed by atoms with Gasteiger partial charge in [0.25, 0.3) is 0 Å². The fraction of sp³-hybridized carbons (Fsp3) is 0.100. The number of benzene rings is 2. The standard InChI is InChI=1S/C20H13ClN2O4S/c21-14-3-1-2-12(7-14)19-23-16(10-28-19)20(26)27-9-17(24)11-4-5-15-13(6-11)8-18(25)22-15/h1-7,10H,8-9H2,(H,22,25). The molecule has 0 radical (unpaired) electrons. The summed E-state index contributed by atoms with van der Waals surface area (Å²) in [6, 6.07) is 12.1. The molecule has 4 rings (SSSR count). The first kappa shape index (κ1) is 18.3. The topological polar surface area (TPSA) is 85.4 Å². The summed E-state index contributed by atoms with van der Waals surface area (Å²) in [7, 11) is 0. The number of esters is 1. The maximum absolute atomic E-state index is 12.3. The number of amides is 1. The molecule has 28 heavy (non-hydrogen) atoms. The lowest BCUT2D eigenvalue weighted by atomic mass is 10.1. The van der Waals surface area contributed by atoms with E-state index in [9.17, 15) is 14.4 Å². The molecule has 6 nitrogen and oxygen atoms in total. The Balaban J connectivity index is 1.40. The number of ketones is 1. The van der Waals surface area contributed by atoms with Crippen LogP contribution in [-0.2, 0) is 16.0 Å². The highest BCUT2D eigenvalue weighted by Crippen LogP contribution is 2.26. The van der Waals surface area contributed by atoms with Crippen LogP contribution in [0.15, 0.2) is 47.8 Å². The monoisotopic (exact) mass is 412 g/mol. The summed E-state index contributed by atoms with van der Waals surface area (Å²) in [6.07, 6.45) is 0.237. The van der Waals surface area contributed by atoms with Crippen LogP contribution in [0, 0.1) is 0 Å². The number of thiazole rings is 1. The maximum Gasteiger partial charge on any atom is 0.358 e. The predicted octanol–water partition coefficient (Wildman–Crippen LogP) is 4.00. The van der Waals surface area contributed by atoms with E-state index in [4.69, 9.17) is 16.3 Å². The molecule has 1 N–H and O–H groups in total. The molecule has 0 aliphatic carbocycles. The maximum atomic E-state index is 12.3. The fourth-order valence-electron chi connectivity index (χ4n) is 2.81. The molecule has 0 saturated carbocycles. The summed E-state index contributed by atoms with van der Waals surface area (Å²) in [5, 5.41) is 5.50. The van der Waals surface area contributed by atoms with Crippen LogP contribution in [0.1, 0.15) is 26.4 Å². The molecule has 1 aromatic heterocycles. The highest BCUT2D eigenvalue weighted by atomic mass is 35.5. The molecule has 1 aliphatic rings. The number of carbonyl (C=O) groups excluding carboxylic acids is 3. The van der Waals surface area contributed by atoms with Gasteiger partial charge >= 0.3 is 5.97 Å². The number of carbonyl (C=O) groups is 3. The second-order valence-electron chi connectivity index (χ2n) is 6.14. The Morgan fingerprint density at radius 3 is 2.89 bits per heavy atom. The van der Waals surface area contributed by atoms with Gasteiger partial charge in [-0.2, -0.15) is 0 Å². The van der Waals surface area contributed by atoms with Crippen molar-refractivity contribution >= 4 is 46.3 Å². The Labute approximate surface area is 169 Å². The van der Waals surface area contributed by atoms with Crippen LogP contribution in [-0.4, -0.2) is 29.3 Å². The molecule has 0 unspecified atom stereocenters. The quantitative estimate of drug-likeness (QED) is 0.505. The van der Waals surface area contributed by atoms with Crippen molar-refractivity contribution in [2.24, 2.45) is 0 Å². The zero-order valence-electron chi connectivity index (χ0n) is 14.4. The van der Waals surface area contributed by atoms with Gasteiger partial charge in [-0.1, -0.05) is 23.7 Å². The number of aromatic nitrogens is 1. The summed E-state index contributed by atoms with van der Waals surface area (Å²) < 4.78 is 5.10. The molecular weight excluding hydrogens is 400 g/mol. The van der Waals surface area contributed by atoms with Crippen molar-refractivity contribution in [3.05, 3.63) is 69.7 Å². The fourth-order valence-corrected chi connectivity index (χ4v) is 3.79. The van der Waals surface area contributed by atoms with E-state index in [1.807, 2.05) is 6.07 Å². The highest BCUT2D eigenvalue weighted by Gasteiger charge is 2.20. The lowest BCUT2D eigenvalue weighted by Crippen LogP contribution is -2.14. The summed E-state index contributed by atoms with van der Waals surface area (Å²) in [6.45, 7) is -0.400. The summed E-state index contributed by atoms with van der Waals surface area (Å²) in [4.78, 5) is 40.2. The van der Waals surface area contributed by atoms with E-state index in [1.165, 1.54) is 11.3 Å². The van der Waals surface area contributed by atoms with Gasteiger partial charge < -0.3 is 10.1 Å². The number of fused-ring (bicyclic) bond motifs is 1. The number of Topliss-reactive ketones (excluding diaryl/α,β-unsaturated/α-hetero) is 1. The SMILES string of the molecule is O=C1Cc2cc(C(=O)COC(=O)c3csc(-c4cccc(Cl)c4)n3)ccc2N1. The Kier molecular flexibility index (Phi) is 4.93. The predicted molar refractivity (Wildman–Crippen MR) is 106 cm³/mol. The number of halogens is 1. The van der Waals surface area contributed by atoms with E-state index in [0.29, 0.717) is 21.3 Å². The van der Waals surface area contributed by atoms with E-state index in [0.717, 1.165) is 11.1 Å². The van der Waals surface area contributed by atoms with Crippen LogP contribution in [0.25, 0.3) is 10.6 Å². The van der Waals surface area contributed by atoms with Crippen LogP contribution < -0.4 is 5.32 Å². The van der Waals surface area contributed by atoms with Crippen molar-refractivity contribution in [2.45, 2.75) is 6.42 Å². The molecule has 0 atom stereocenters. The molecule has 1 aliphatic heterocycles. The van der Waals surface area contributed by atoms with E-state index in [1.54, 1.807) is 41.8 Å². The minimum atomic E-state index is -0.670. The Bertz CT molecular complexity index is 1110. The van der Waals surface area contributed by atoms with Crippen molar-refractivity contribution in [1.29, 1.82) is 0 Å². The largest absolute Gasteiger partial charge is 0.453 e. The number of hydrogen-bond acceptors (Lipinski definition) is 6. The van der Waals surface area contributed by atoms with Gasteiger partial charge in [0.15, 0.2) is 18.1 Å². The van der Waals surface area contributed by atoms with Crippen molar-refractivity contribution in [2.75, 3.05) is 11.9 Å². The first-order chi connectivity index (χ1) is 13.5. The average molecular weight is 413 g/mol. The first-order valence-electron chi connectivity index (χ1n) is 8.34. The van der Waals surface area contributed by atoms with E-state index in [2.05, 4.69) is 10.3 Å². The summed E-state index contributed by atoms with van der Waals surface area (Å²) in [5.74, 6) is -1.12. The second kappa shape index (κ2) is 7.53. The minimum Gasteiger partial charge on any atom is -0.453 e. The van der Waals surface area contributed by atoms with Gasteiger partial charge in [-0.3, -0.25) is 9.59 Å². The molecule has 3 aromatic rings. The van der Waals surface area contributed by atoms with Gasteiger partial charge in [0.05, 0.1) is 6.42 Å². The van der Waals surface area contributed by atoms with Crippen LogP contribution in [0.3, 0.4) is 0 Å². The lowest BCUT2D eigenvalue weighted by Gasteiger charge is -2.05. The molecule has 0 saturated heterocycles. The van der Waals surface area contributed by atoms with E-state index >= 15 is 0 Å². The van der Waals surface area contributed by atoms with Crippen LogP contribution in [0.2, 0.25) is 5.02 Å². The Hall–Kier alpha value is -3.03. The van der Waals surface area contributed by atoms with Crippen LogP contribution in [0.4, 0.5) is 5.69 Å². The zero-order chi connectivity index (χ0) is 19.7. The number of nitrogens with one attached hydrogen (secondary N) is 1. The van der Waals surface area contributed by atoms with Gasteiger partial charge in [0.1, 0.15) is 5.01 Å². The third-order valence-electron chi connectivity index (χ3n) is 4.17. The van der Waals surface area contributed by atoms with Crippen molar-refractivity contribution in [1.82, 2.24) is 4.98 Å². The van der Waals surface area contributed by atoms with Gasteiger partial charge in [0, 0.05) is 27.2 Å². The average Bonchev–Trinajstić information content (AvgIpc) is 3.31. The summed E-state index contributed by atoms with van der Waals surface area (Å²) >= 11 is 7.26. The molecule has 0 spiro atoms. The van der Waals surface area contributed by atoms with E-state index < -0.39 is 12.6 Å². The number of ether oxygens (including phenoxy) is 1. The molecular formula is C20H13ClN2O4S. The molecule has 0 bridgehead atoms. The summed E-state index contributed by atoms with van der Waals surface area (Å²) in [5.41, 5.74) is 2.79. The zero-order valence-corrected chi connectivity index (χ0v) is 16.0. The van der Waals surface area contributed by atoms with Crippen molar-refractivity contribution in [3.8, 4) is 10.6 Å². The van der Waals surface area contributed by atoms with Crippen LogP contribution >= 0.6 is 22.9 Å². The molecule has 140 valence electrons. The molecule has 0 fully saturated rings. The number of hydrogen-bond donors (Lipinski definition) is 1. The third kappa shape index (κ3) is 3.81. The van der Waals surface area contributed by atoms with Gasteiger partial charge in [-0.25, -0.2) is 9.78 Å². The van der Waals surface area contributed by atoms with Crippen LogP contribution in [0.5, 0.6) is 0 Å². The Morgan fingerprint density at radius 1 is 1.21 bits per heavy atom.